The van der Waals surface area contributed by atoms with E-state index < -0.39 is 7.60 Å². The Balaban J connectivity index is 3.31. The summed E-state index contributed by atoms with van der Waals surface area (Å²) in [5, 5.41) is 0.520. The summed E-state index contributed by atoms with van der Waals surface area (Å²) in [6, 6.07) is 5.47. The molecule has 0 spiro atoms. The number of hydrogen-bond donors (Lipinski definition) is 0. The van der Waals surface area contributed by atoms with Crippen molar-refractivity contribution in [3.63, 3.8) is 0 Å². The highest BCUT2D eigenvalue weighted by Gasteiger charge is 2.32. The van der Waals surface area contributed by atoms with Gasteiger partial charge in [-0.2, -0.15) is 0 Å². The van der Waals surface area contributed by atoms with Crippen molar-refractivity contribution in [2.75, 3.05) is 20.3 Å². The lowest BCUT2D eigenvalue weighted by atomic mass is 10.2. The van der Waals surface area contributed by atoms with Crippen molar-refractivity contribution in [3.8, 4) is 5.75 Å². The average molecular weight is 258 g/mol. The highest BCUT2D eigenvalue weighted by molar-refractivity contribution is 7.62. The van der Waals surface area contributed by atoms with Gasteiger partial charge in [0.25, 0.3) is 0 Å². The first-order chi connectivity index (χ1) is 8.09. The molecule has 0 heterocycles. The molecule has 0 aliphatic heterocycles. The molecule has 0 bridgehead atoms. The molecule has 0 aliphatic carbocycles. The molecule has 0 aromatic heterocycles. The monoisotopic (exact) mass is 258 g/mol. The van der Waals surface area contributed by atoms with Gasteiger partial charge in [-0.25, -0.2) is 0 Å². The summed E-state index contributed by atoms with van der Waals surface area (Å²) in [4.78, 5) is 0. The Bertz CT molecular complexity index is 407. The van der Waals surface area contributed by atoms with Crippen molar-refractivity contribution in [3.05, 3.63) is 23.8 Å². The third-order valence-electron chi connectivity index (χ3n) is 2.29. The van der Waals surface area contributed by atoms with Crippen LogP contribution in [-0.2, 0) is 13.6 Å². The molecule has 0 unspecified atom stereocenters. The number of hydrogen-bond acceptors (Lipinski definition) is 4. The molecule has 0 fully saturated rings. The predicted octanol–water partition coefficient (Wildman–Crippen LogP) is 2.90. The molecule has 0 aliphatic rings. The van der Waals surface area contributed by atoms with Crippen LogP contribution in [0.25, 0.3) is 0 Å². The van der Waals surface area contributed by atoms with Crippen LogP contribution in [0, 0.1) is 6.92 Å². The van der Waals surface area contributed by atoms with Crippen LogP contribution in [0.2, 0.25) is 0 Å². The van der Waals surface area contributed by atoms with Crippen molar-refractivity contribution in [2.45, 2.75) is 20.8 Å². The molecule has 1 aromatic carbocycles. The first kappa shape index (κ1) is 14.2. The van der Waals surface area contributed by atoms with E-state index >= 15 is 0 Å². The fourth-order valence-corrected chi connectivity index (χ4v) is 3.61. The molecule has 0 saturated carbocycles. The van der Waals surface area contributed by atoms with E-state index in [1.165, 1.54) is 0 Å². The Morgan fingerprint density at radius 3 is 2.24 bits per heavy atom. The van der Waals surface area contributed by atoms with Crippen molar-refractivity contribution in [1.82, 2.24) is 0 Å². The molecule has 0 radical (unpaired) electrons. The number of aryl methyl sites for hydroxylation is 1. The number of benzene rings is 1. The molecular formula is C12H19O4P. The van der Waals surface area contributed by atoms with Gasteiger partial charge in [0.05, 0.1) is 20.3 Å². The zero-order valence-electron chi connectivity index (χ0n) is 10.7. The van der Waals surface area contributed by atoms with Gasteiger partial charge in [-0.05, 0) is 32.4 Å². The van der Waals surface area contributed by atoms with Crippen molar-refractivity contribution in [2.24, 2.45) is 0 Å². The van der Waals surface area contributed by atoms with Gasteiger partial charge in [0.1, 0.15) is 11.1 Å². The summed E-state index contributed by atoms with van der Waals surface area (Å²) in [6.45, 7) is 6.10. The zero-order valence-corrected chi connectivity index (χ0v) is 11.6. The topological polar surface area (TPSA) is 44.8 Å². The van der Waals surface area contributed by atoms with Crippen LogP contribution in [0.1, 0.15) is 19.4 Å². The maximum Gasteiger partial charge on any atom is 0.365 e. The van der Waals surface area contributed by atoms with Gasteiger partial charge in [-0.1, -0.05) is 12.1 Å². The lowest BCUT2D eigenvalue weighted by molar-refractivity contribution is 0.229. The van der Waals surface area contributed by atoms with Crippen LogP contribution >= 0.6 is 7.60 Å². The smallest absolute Gasteiger partial charge is 0.365 e. The van der Waals surface area contributed by atoms with Gasteiger partial charge in [-0.15, -0.1) is 0 Å². The molecule has 96 valence electrons. The first-order valence-corrected chi connectivity index (χ1v) is 7.16. The quantitative estimate of drug-likeness (QED) is 0.736. The van der Waals surface area contributed by atoms with Crippen LogP contribution in [0.15, 0.2) is 18.2 Å². The zero-order chi connectivity index (χ0) is 12.9. The summed E-state index contributed by atoms with van der Waals surface area (Å²) in [7, 11) is -1.75. The van der Waals surface area contributed by atoms with Gasteiger partial charge in [-0.3, -0.25) is 4.57 Å². The molecule has 0 atom stereocenters. The molecular weight excluding hydrogens is 239 g/mol. The third-order valence-corrected chi connectivity index (χ3v) is 4.61. The molecule has 0 N–H and O–H groups in total. The van der Waals surface area contributed by atoms with Crippen molar-refractivity contribution >= 4 is 12.9 Å². The van der Waals surface area contributed by atoms with E-state index in [9.17, 15) is 4.57 Å². The van der Waals surface area contributed by atoms with E-state index in [1.807, 2.05) is 19.1 Å². The standard InChI is InChI=1S/C12H19O4P/c1-5-15-17(13,16-6-2)12-10(3)8-7-9-11(12)14-4/h7-9H,5-6H2,1-4H3. The van der Waals surface area contributed by atoms with Crippen LogP contribution in [0.4, 0.5) is 0 Å². The van der Waals surface area contributed by atoms with Gasteiger partial charge in [0, 0.05) is 0 Å². The minimum atomic E-state index is -3.29. The second-order valence-electron chi connectivity index (χ2n) is 3.46. The Kier molecular flexibility index (Phi) is 5.19. The molecule has 0 amide bonds. The predicted molar refractivity (Wildman–Crippen MR) is 68.2 cm³/mol. The molecule has 17 heavy (non-hydrogen) atoms. The van der Waals surface area contributed by atoms with Crippen molar-refractivity contribution in [1.29, 1.82) is 0 Å². The van der Waals surface area contributed by atoms with Crippen LogP contribution in [-0.4, -0.2) is 20.3 Å². The lowest BCUT2D eigenvalue weighted by Crippen LogP contribution is -2.16. The molecule has 1 rings (SSSR count). The fourth-order valence-electron chi connectivity index (χ4n) is 1.65. The normalized spacial score (nSPS) is 11.5. The highest BCUT2D eigenvalue weighted by atomic mass is 31.2. The Hall–Kier alpha value is -0.830. The Morgan fingerprint density at radius 1 is 1.18 bits per heavy atom. The summed E-state index contributed by atoms with van der Waals surface area (Å²) in [6.07, 6.45) is 0. The minimum absolute atomic E-state index is 0.328. The SMILES string of the molecule is CCOP(=O)(OCC)c1c(C)cccc1OC. The Morgan fingerprint density at radius 2 is 1.76 bits per heavy atom. The summed E-state index contributed by atoms with van der Waals surface area (Å²) >= 11 is 0. The van der Waals surface area contributed by atoms with Crippen LogP contribution in [0.5, 0.6) is 5.75 Å². The summed E-state index contributed by atoms with van der Waals surface area (Å²) in [5.41, 5.74) is 0.842. The van der Waals surface area contributed by atoms with Crippen LogP contribution < -0.4 is 10.0 Å². The fraction of sp³-hybridized carbons (Fsp3) is 0.500. The Labute approximate surface area is 102 Å². The third kappa shape index (κ3) is 3.09. The number of methoxy groups -OCH3 is 1. The number of rotatable bonds is 6. The van der Waals surface area contributed by atoms with Gasteiger partial charge in [0.2, 0.25) is 0 Å². The van der Waals surface area contributed by atoms with Gasteiger partial charge in [0.15, 0.2) is 0 Å². The molecule has 1 aromatic rings. The van der Waals surface area contributed by atoms with E-state index in [0.717, 1.165) is 5.56 Å². The minimum Gasteiger partial charge on any atom is -0.496 e. The first-order valence-electron chi connectivity index (χ1n) is 5.62. The maximum absolute atomic E-state index is 12.7. The van der Waals surface area contributed by atoms with Crippen LogP contribution in [0.3, 0.4) is 0 Å². The summed E-state index contributed by atoms with van der Waals surface area (Å²) < 4.78 is 28.6. The summed E-state index contributed by atoms with van der Waals surface area (Å²) in [5.74, 6) is 0.537. The average Bonchev–Trinajstić information content (AvgIpc) is 2.29. The van der Waals surface area contributed by atoms with Gasteiger partial charge >= 0.3 is 7.60 Å². The second kappa shape index (κ2) is 6.20. The van der Waals surface area contributed by atoms with Crippen molar-refractivity contribution < 1.29 is 18.3 Å². The van der Waals surface area contributed by atoms with E-state index in [-0.39, 0.29) is 0 Å². The second-order valence-corrected chi connectivity index (χ2v) is 5.42. The van der Waals surface area contributed by atoms with E-state index in [1.54, 1.807) is 27.0 Å². The molecule has 0 saturated heterocycles. The largest absolute Gasteiger partial charge is 0.496 e. The molecule has 5 heteroatoms. The number of ether oxygens (including phenoxy) is 1. The van der Waals surface area contributed by atoms with E-state index in [4.69, 9.17) is 13.8 Å². The lowest BCUT2D eigenvalue weighted by Gasteiger charge is -2.21. The van der Waals surface area contributed by atoms with E-state index in [2.05, 4.69) is 0 Å². The van der Waals surface area contributed by atoms with Gasteiger partial charge < -0.3 is 13.8 Å². The highest BCUT2D eigenvalue weighted by Crippen LogP contribution is 2.50. The molecule has 4 nitrogen and oxygen atoms in total. The maximum atomic E-state index is 12.7. The van der Waals surface area contributed by atoms with E-state index in [0.29, 0.717) is 24.3 Å².